The van der Waals surface area contributed by atoms with Crippen molar-refractivity contribution in [1.82, 2.24) is 15.0 Å². The zero-order valence-electron chi connectivity index (χ0n) is 14.6. The fraction of sp³-hybridized carbons (Fsp3) is 0.0455. The molecule has 1 heterocycles. The molecule has 27 heavy (non-hydrogen) atoms. The minimum absolute atomic E-state index is 0.0389. The second kappa shape index (κ2) is 7.29. The number of hydrogen-bond acceptors (Lipinski definition) is 3. The average molecular weight is 418 g/mol. The maximum atomic E-state index is 13.0. The van der Waals surface area contributed by atoms with Crippen LogP contribution in [0.2, 0.25) is 0 Å². The van der Waals surface area contributed by atoms with Crippen LogP contribution < -0.4 is 0 Å². The van der Waals surface area contributed by atoms with E-state index in [1.54, 1.807) is 4.68 Å². The fourth-order valence-electron chi connectivity index (χ4n) is 2.87. The van der Waals surface area contributed by atoms with Crippen molar-refractivity contribution in [1.29, 1.82) is 0 Å². The minimum atomic E-state index is -0.0389. The highest BCUT2D eigenvalue weighted by Gasteiger charge is 2.16. The Labute approximate surface area is 165 Å². The lowest BCUT2D eigenvalue weighted by Crippen LogP contribution is -2.03. The molecule has 4 aromatic rings. The van der Waals surface area contributed by atoms with Crippen molar-refractivity contribution in [3.63, 3.8) is 0 Å². The summed E-state index contributed by atoms with van der Waals surface area (Å²) in [6.07, 6.45) is 1.85. The zero-order valence-corrected chi connectivity index (χ0v) is 16.2. The highest BCUT2D eigenvalue weighted by molar-refractivity contribution is 9.10. The first-order chi connectivity index (χ1) is 13.1. The summed E-state index contributed by atoms with van der Waals surface area (Å²) in [6.45, 7) is 2.04. The Hall–Kier alpha value is -3.05. The van der Waals surface area contributed by atoms with E-state index in [2.05, 4.69) is 26.2 Å². The molecule has 0 spiro atoms. The SMILES string of the molecule is Cc1ccc(-n2cc(-c3ccccc3C(=O)c3ccc(Br)cc3)nn2)cc1. The molecule has 5 heteroatoms. The first kappa shape index (κ1) is 17.4. The lowest BCUT2D eigenvalue weighted by Gasteiger charge is -2.06. The summed E-state index contributed by atoms with van der Waals surface area (Å²) in [5.41, 5.74) is 4.79. The molecule has 0 aliphatic heterocycles. The summed E-state index contributed by atoms with van der Waals surface area (Å²) in [7, 11) is 0. The molecule has 0 amide bonds. The number of ketones is 1. The van der Waals surface area contributed by atoms with Gasteiger partial charge in [0.25, 0.3) is 0 Å². The molecule has 0 atom stereocenters. The molecule has 0 N–H and O–H groups in total. The van der Waals surface area contributed by atoms with Crippen LogP contribution in [0.3, 0.4) is 0 Å². The third-order valence-corrected chi connectivity index (χ3v) is 4.87. The largest absolute Gasteiger partial charge is 0.289 e. The number of halogens is 1. The molecule has 132 valence electrons. The molecule has 0 saturated heterocycles. The highest BCUT2D eigenvalue weighted by atomic mass is 79.9. The minimum Gasteiger partial charge on any atom is -0.289 e. The zero-order chi connectivity index (χ0) is 18.8. The molecule has 0 radical (unpaired) electrons. The van der Waals surface area contributed by atoms with Crippen molar-refractivity contribution in [2.24, 2.45) is 0 Å². The molecule has 0 aliphatic rings. The van der Waals surface area contributed by atoms with Crippen molar-refractivity contribution in [2.75, 3.05) is 0 Å². The van der Waals surface area contributed by atoms with Crippen molar-refractivity contribution in [3.05, 3.63) is 100 Å². The lowest BCUT2D eigenvalue weighted by atomic mass is 9.97. The Morgan fingerprint density at radius 1 is 0.926 bits per heavy atom. The van der Waals surface area contributed by atoms with E-state index in [0.717, 1.165) is 15.7 Å². The van der Waals surface area contributed by atoms with E-state index >= 15 is 0 Å². The number of hydrogen-bond donors (Lipinski definition) is 0. The number of carbonyl (C=O) groups excluding carboxylic acids is 1. The molecule has 0 bridgehead atoms. The van der Waals surface area contributed by atoms with Gasteiger partial charge in [-0.3, -0.25) is 4.79 Å². The van der Waals surface area contributed by atoms with E-state index in [1.165, 1.54) is 5.56 Å². The molecule has 3 aromatic carbocycles. The van der Waals surface area contributed by atoms with Gasteiger partial charge in [-0.05, 0) is 43.3 Å². The van der Waals surface area contributed by atoms with E-state index < -0.39 is 0 Å². The number of nitrogens with zero attached hydrogens (tertiary/aromatic N) is 3. The predicted octanol–water partition coefficient (Wildman–Crippen LogP) is 5.24. The summed E-state index contributed by atoms with van der Waals surface area (Å²) >= 11 is 3.40. The maximum Gasteiger partial charge on any atom is 0.193 e. The van der Waals surface area contributed by atoms with Gasteiger partial charge >= 0.3 is 0 Å². The van der Waals surface area contributed by atoms with Crippen LogP contribution in [-0.4, -0.2) is 20.8 Å². The van der Waals surface area contributed by atoms with Gasteiger partial charge in [0, 0.05) is 21.2 Å². The van der Waals surface area contributed by atoms with Gasteiger partial charge in [-0.2, -0.15) is 0 Å². The van der Waals surface area contributed by atoms with Gasteiger partial charge in [0.2, 0.25) is 0 Å². The van der Waals surface area contributed by atoms with Gasteiger partial charge in [0.1, 0.15) is 5.69 Å². The molecule has 0 unspecified atom stereocenters. The van der Waals surface area contributed by atoms with E-state index in [9.17, 15) is 4.79 Å². The van der Waals surface area contributed by atoms with E-state index in [4.69, 9.17) is 0 Å². The molecule has 0 saturated carbocycles. The molecule has 0 fully saturated rings. The summed E-state index contributed by atoms with van der Waals surface area (Å²) in [5, 5.41) is 8.52. The van der Waals surface area contributed by atoms with Gasteiger partial charge in [-0.25, -0.2) is 4.68 Å². The Balaban J connectivity index is 1.72. The van der Waals surface area contributed by atoms with Crippen molar-refractivity contribution in [2.45, 2.75) is 6.92 Å². The van der Waals surface area contributed by atoms with Gasteiger partial charge in [0.05, 0.1) is 11.9 Å². The summed E-state index contributed by atoms with van der Waals surface area (Å²) in [6, 6.07) is 22.9. The Bertz CT molecular complexity index is 1100. The number of carbonyl (C=O) groups is 1. The topological polar surface area (TPSA) is 47.8 Å². The molecular weight excluding hydrogens is 402 g/mol. The third kappa shape index (κ3) is 3.59. The van der Waals surface area contributed by atoms with Crippen LogP contribution in [0, 0.1) is 6.92 Å². The first-order valence-electron chi connectivity index (χ1n) is 8.51. The van der Waals surface area contributed by atoms with Crippen LogP contribution in [0.5, 0.6) is 0 Å². The van der Waals surface area contributed by atoms with Crippen molar-refractivity contribution >= 4 is 21.7 Å². The lowest BCUT2D eigenvalue weighted by molar-refractivity contribution is 0.103. The van der Waals surface area contributed by atoms with Crippen molar-refractivity contribution in [3.8, 4) is 16.9 Å². The third-order valence-electron chi connectivity index (χ3n) is 4.35. The van der Waals surface area contributed by atoms with Crippen LogP contribution in [0.4, 0.5) is 0 Å². The predicted molar refractivity (Wildman–Crippen MR) is 109 cm³/mol. The Kier molecular flexibility index (Phi) is 4.69. The van der Waals surface area contributed by atoms with Crippen LogP contribution >= 0.6 is 15.9 Å². The molecule has 0 aliphatic carbocycles. The number of aryl methyl sites for hydroxylation is 1. The standard InChI is InChI=1S/C22H16BrN3O/c1-15-6-12-18(13-7-15)26-14-21(24-25-26)19-4-2-3-5-20(19)22(27)16-8-10-17(23)11-9-16/h2-14H,1H3. The number of rotatable bonds is 4. The van der Waals surface area contributed by atoms with Crippen LogP contribution in [0.25, 0.3) is 16.9 Å². The Morgan fingerprint density at radius 2 is 1.63 bits per heavy atom. The monoisotopic (exact) mass is 417 g/mol. The van der Waals surface area contributed by atoms with Gasteiger partial charge in [-0.1, -0.05) is 63.1 Å². The van der Waals surface area contributed by atoms with Gasteiger partial charge < -0.3 is 0 Å². The first-order valence-corrected chi connectivity index (χ1v) is 9.30. The maximum absolute atomic E-state index is 13.0. The molecule has 4 nitrogen and oxygen atoms in total. The second-order valence-electron chi connectivity index (χ2n) is 6.27. The van der Waals surface area contributed by atoms with Gasteiger partial charge in [-0.15, -0.1) is 5.10 Å². The number of benzene rings is 3. The van der Waals surface area contributed by atoms with Gasteiger partial charge in [0.15, 0.2) is 5.78 Å². The summed E-state index contributed by atoms with van der Waals surface area (Å²) < 4.78 is 2.66. The average Bonchev–Trinajstić information content (AvgIpc) is 3.19. The Morgan fingerprint density at radius 3 is 2.37 bits per heavy atom. The summed E-state index contributed by atoms with van der Waals surface area (Å²) in [4.78, 5) is 13.0. The van der Waals surface area contributed by atoms with Crippen molar-refractivity contribution < 1.29 is 4.79 Å². The molecular formula is C22H16BrN3O. The molecule has 1 aromatic heterocycles. The van der Waals surface area contributed by atoms with E-state index in [0.29, 0.717) is 16.8 Å². The van der Waals surface area contributed by atoms with Crippen LogP contribution in [-0.2, 0) is 0 Å². The quantitative estimate of drug-likeness (QED) is 0.426. The normalized spacial score (nSPS) is 10.7. The van der Waals surface area contributed by atoms with Crippen LogP contribution in [0.1, 0.15) is 21.5 Å². The number of aromatic nitrogens is 3. The van der Waals surface area contributed by atoms with Crippen LogP contribution in [0.15, 0.2) is 83.5 Å². The second-order valence-corrected chi connectivity index (χ2v) is 7.18. The van der Waals surface area contributed by atoms with E-state index in [1.807, 2.05) is 85.9 Å². The van der Waals surface area contributed by atoms with E-state index in [-0.39, 0.29) is 5.78 Å². The highest BCUT2D eigenvalue weighted by Crippen LogP contribution is 2.25. The smallest absolute Gasteiger partial charge is 0.193 e. The summed E-state index contributed by atoms with van der Waals surface area (Å²) in [5.74, 6) is -0.0389. The fourth-order valence-corrected chi connectivity index (χ4v) is 3.14. The molecule has 4 rings (SSSR count).